The van der Waals surface area contributed by atoms with Gasteiger partial charge in [0.15, 0.2) is 0 Å². The van der Waals surface area contributed by atoms with Gasteiger partial charge in [-0.15, -0.1) is 22.7 Å². The van der Waals surface area contributed by atoms with Crippen molar-refractivity contribution >= 4 is 44.3 Å². The summed E-state index contributed by atoms with van der Waals surface area (Å²) in [5, 5.41) is 4.49. The number of aromatic nitrogens is 1. The molecule has 3 nitrogen and oxygen atoms in total. The van der Waals surface area contributed by atoms with Crippen molar-refractivity contribution in [3.8, 4) is 0 Å². The molecule has 2 heterocycles. The normalized spacial score (nSPS) is 11.2. The number of hydrogen-bond donors (Lipinski definition) is 2. The highest BCUT2D eigenvalue weighted by molar-refractivity contribution is 7.18. The Hall–Kier alpha value is -1.59. The van der Waals surface area contributed by atoms with E-state index in [1.165, 1.54) is 15.3 Å². The number of nitrogens with one attached hydrogen (secondary N) is 1. The van der Waals surface area contributed by atoms with Gasteiger partial charge >= 0.3 is 0 Å². The summed E-state index contributed by atoms with van der Waals surface area (Å²) in [6.07, 6.45) is 0. The van der Waals surface area contributed by atoms with E-state index in [0.717, 1.165) is 33.1 Å². The van der Waals surface area contributed by atoms with Crippen LogP contribution < -0.4 is 11.1 Å². The number of thiazole rings is 1. The van der Waals surface area contributed by atoms with Crippen LogP contribution in [0, 0.1) is 20.8 Å². The fraction of sp³-hybridized carbons (Fsp3) is 0.267. The summed E-state index contributed by atoms with van der Waals surface area (Å²) in [5.74, 6) is 0. The first-order chi connectivity index (χ1) is 9.52. The number of hydrogen-bond acceptors (Lipinski definition) is 5. The van der Waals surface area contributed by atoms with Crippen molar-refractivity contribution in [2.45, 2.75) is 27.3 Å². The monoisotopic (exact) mass is 303 g/mol. The molecule has 2 aromatic heterocycles. The molecule has 0 aliphatic rings. The Labute approximate surface area is 126 Å². The summed E-state index contributed by atoms with van der Waals surface area (Å²) < 4.78 is 1.15. The minimum absolute atomic E-state index is 0.783. The molecule has 0 aliphatic carbocycles. The maximum Gasteiger partial charge on any atom is 0.0907 e. The molecule has 104 valence electrons. The third-order valence-electron chi connectivity index (χ3n) is 3.34. The molecule has 5 heteroatoms. The number of nitrogens with two attached hydrogens (primary N) is 1. The van der Waals surface area contributed by atoms with Crippen molar-refractivity contribution < 1.29 is 0 Å². The number of thiophene rings is 1. The van der Waals surface area contributed by atoms with E-state index < -0.39 is 0 Å². The maximum absolute atomic E-state index is 6.11. The zero-order chi connectivity index (χ0) is 14.3. The van der Waals surface area contributed by atoms with Crippen molar-refractivity contribution in [2.75, 3.05) is 11.1 Å². The average molecular weight is 303 g/mol. The van der Waals surface area contributed by atoms with Crippen LogP contribution in [0.5, 0.6) is 0 Å². The van der Waals surface area contributed by atoms with Gasteiger partial charge in [0.1, 0.15) is 0 Å². The third kappa shape index (κ3) is 2.51. The molecule has 0 unspecified atom stereocenters. The van der Waals surface area contributed by atoms with Crippen molar-refractivity contribution in [1.82, 2.24) is 4.98 Å². The summed E-state index contributed by atoms with van der Waals surface area (Å²) in [6, 6.07) is 6.28. The van der Waals surface area contributed by atoms with Gasteiger partial charge in [-0.3, -0.25) is 0 Å². The van der Waals surface area contributed by atoms with E-state index in [1.54, 1.807) is 11.3 Å². The van der Waals surface area contributed by atoms with Crippen molar-refractivity contribution in [3.63, 3.8) is 0 Å². The first-order valence-electron chi connectivity index (χ1n) is 6.49. The standard InChI is InChI=1S/C15H17N3S2/c1-8-4-11(19-9(8)2)7-17-13-6-14-15(5-12(13)16)20-10(3)18-14/h4-6,17H,7,16H2,1-3H3. The Bertz CT molecular complexity index is 751. The van der Waals surface area contributed by atoms with Gasteiger partial charge in [0.2, 0.25) is 0 Å². The number of anilines is 2. The lowest BCUT2D eigenvalue weighted by molar-refractivity contribution is 1.19. The molecule has 20 heavy (non-hydrogen) atoms. The number of fused-ring (bicyclic) bond motifs is 1. The van der Waals surface area contributed by atoms with E-state index in [1.807, 2.05) is 30.4 Å². The largest absolute Gasteiger partial charge is 0.397 e. The number of benzene rings is 1. The van der Waals surface area contributed by atoms with Gasteiger partial charge in [-0.2, -0.15) is 0 Å². The fourth-order valence-electron chi connectivity index (χ4n) is 2.18. The molecule has 0 saturated carbocycles. The van der Waals surface area contributed by atoms with Gasteiger partial charge in [-0.05, 0) is 44.5 Å². The van der Waals surface area contributed by atoms with Gasteiger partial charge in [0.25, 0.3) is 0 Å². The molecule has 0 aliphatic heterocycles. The molecule has 0 atom stereocenters. The zero-order valence-electron chi connectivity index (χ0n) is 11.8. The van der Waals surface area contributed by atoms with Crippen LogP contribution in [0.3, 0.4) is 0 Å². The van der Waals surface area contributed by atoms with Gasteiger partial charge in [0, 0.05) is 16.3 Å². The summed E-state index contributed by atoms with van der Waals surface area (Å²) >= 11 is 3.51. The van der Waals surface area contributed by atoms with Crippen LogP contribution in [-0.4, -0.2) is 4.98 Å². The lowest BCUT2D eigenvalue weighted by Crippen LogP contribution is -2.01. The minimum atomic E-state index is 0.783. The molecular formula is C15H17N3S2. The maximum atomic E-state index is 6.11. The lowest BCUT2D eigenvalue weighted by atomic mass is 10.2. The first-order valence-corrected chi connectivity index (χ1v) is 8.12. The number of aryl methyl sites for hydroxylation is 3. The molecule has 0 spiro atoms. The Morgan fingerprint density at radius 1 is 1.15 bits per heavy atom. The molecule has 1 aromatic carbocycles. The highest BCUT2D eigenvalue weighted by Crippen LogP contribution is 2.30. The first kappa shape index (κ1) is 13.4. The summed E-state index contributed by atoms with van der Waals surface area (Å²) in [6.45, 7) is 7.12. The molecule has 0 bridgehead atoms. The highest BCUT2D eigenvalue weighted by atomic mass is 32.1. The summed E-state index contributed by atoms with van der Waals surface area (Å²) in [7, 11) is 0. The fourth-order valence-corrected chi connectivity index (χ4v) is 4.03. The lowest BCUT2D eigenvalue weighted by Gasteiger charge is -2.08. The smallest absolute Gasteiger partial charge is 0.0907 e. The van der Waals surface area contributed by atoms with Crippen LogP contribution in [0.15, 0.2) is 18.2 Å². The molecule has 3 rings (SSSR count). The molecule has 3 aromatic rings. The van der Waals surface area contributed by atoms with Gasteiger partial charge < -0.3 is 11.1 Å². The van der Waals surface area contributed by atoms with Crippen LogP contribution in [0.4, 0.5) is 11.4 Å². The Balaban J connectivity index is 1.84. The van der Waals surface area contributed by atoms with Gasteiger partial charge in [0.05, 0.1) is 26.6 Å². The van der Waals surface area contributed by atoms with Crippen LogP contribution in [0.1, 0.15) is 20.3 Å². The van der Waals surface area contributed by atoms with E-state index >= 15 is 0 Å². The highest BCUT2D eigenvalue weighted by Gasteiger charge is 2.07. The number of nitrogen functional groups attached to an aromatic ring is 1. The predicted octanol–water partition coefficient (Wildman–Crippen LogP) is 4.48. The van der Waals surface area contributed by atoms with Crippen LogP contribution in [-0.2, 0) is 6.54 Å². The summed E-state index contributed by atoms with van der Waals surface area (Å²) in [4.78, 5) is 7.22. The molecule has 0 fully saturated rings. The Kier molecular flexibility index (Phi) is 3.40. The zero-order valence-corrected chi connectivity index (χ0v) is 13.4. The number of nitrogens with zero attached hydrogens (tertiary/aromatic N) is 1. The molecule has 0 radical (unpaired) electrons. The second-order valence-electron chi connectivity index (χ2n) is 4.95. The van der Waals surface area contributed by atoms with Crippen molar-refractivity contribution in [3.05, 3.63) is 38.5 Å². The van der Waals surface area contributed by atoms with Crippen LogP contribution in [0.2, 0.25) is 0 Å². The second-order valence-corrected chi connectivity index (χ2v) is 7.52. The third-order valence-corrected chi connectivity index (χ3v) is 5.42. The molecule has 3 N–H and O–H groups in total. The van der Waals surface area contributed by atoms with Crippen molar-refractivity contribution in [1.29, 1.82) is 0 Å². The molecule has 0 saturated heterocycles. The van der Waals surface area contributed by atoms with Crippen LogP contribution >= 0.6 is 22.7 Å². The van der Waals surface area contributed by atoms with E-state index in [4.69, 9.17) is 5.73 Å². The predicted molar refractivity (Wildman–Crippen MR) is 89.9 cm³/mol. The van der Waals surface area contributed by atoms with Gasteiger partial charge in [-0.1, -0.05) is 0 Å². The van der Waals surface area contributed by atoms with E-state index in [0.29, 0.717) is 0 Å². The van der Waals surface area contributed by atoms with E-state index in [2.05, 4.69) is 30.2 Å². The molecular weight excluding hydrogens is 286 g/mol. The van der Waals surface area contributed by atoms with Crippen LogP contribution in [0.25, 0.3) is 10.2 Å². The summed E-state index contributed by atoms with van der Waals surface area (Å²) in [5.41, 5.74) is 10.2. The van der Waals surface area contributed by atoms with Gasteiger partial charge in [-0.25, -0.2) is 4.98 Å². The van der Waals surface area contributed by atoms with E-state index in [9.17, 15) is 0 Å². The second kappa shape index (κ2) is 5.07. The quantitative estimate of drug-likeness (QED) is 0.702. The SMILES string of the molecule is Cc1nc2cc(NCc3cc(C)c(C)s3)c(N)cc2s1. The van der Waals surface area contributed by atoms with Crippen molar-refractivity contribution in [2.24, 2.45) is 0 Å². The Morgan fingerprint density at radius 2 is 1.95 bits per heavy atom. The Morgan fingerprint density at radius 3 is 2.65 bits per heavy atom. The molecule has 0 amide bonds. The number of rotatable bonds is 3. The minimum Gasteiger partial charge on any atom is -0.397 e. The average Bonchev–Trinajstić information content (AvgIpc) is 2.89. The topological polar surface area (TPSA) is 50.9 Å². The van der Waals surface area contributed by atoms with E-state index in [-0.39, 0.29) is 0 Å².